The number of rotatable bonds is 5. The number of ether oxygens (including phenoxy) is 1. The molecule has 2 N–H and O–H groups in total. The summed E-state index contributed by atoms with van der Waals surface area (Å²) in [6, 6.07) is 8.98. The summed E-state index contributed by atoms with van der Waals surface area (Å²) in [5, 5.41) is 19.0. The third-order valence-corrected chi connectivity index (χ3v) is 6.75. The normalized spacial score (nSPS) is 19.0. The maximum absolute atomic E-state index is 9.88. The lowest BCUT2D eigenvalue weighted by molar-refractivity contribution is 0.372. The van der Waals surface area contributed by atoms with Crippen LogP contribution in [-0.4, -0.2) is 30.2 Å². The van der Waals surface area contributed by atoms with Gasteiger partial charge in [0.15, 0.2) is 0 Å². The molecule has 0 spiro atoms. The highest BCUT2D eigenvalue weighted by atomic mass is 16.5. The van der Waals surface area contributed by atoms with Gasteiger partial charge in [-0.1, -0.05) is 19.9 Å². The van der Waals surface area contributed by atoms with Gasteiger partial charge in [0, 0.05) is 24.3 Å². The second-order valence-electron chi connectivity index (χ2n) is 8.58. The molecule has 7 nitrogen and oxygen atoms in total. The zero-order valence-corrected chi connectivity index (χ0v) is 18.4. The molecule has 1 saturated heterocycles. The Bertz CT molecular complexity index is 1080. The lowest BCUT2D eigenvalue weighted by Crippen LogP contribution is -2.47. The molecule has 2 atom stereocenters. The van der Waals surface area contributed by atoms with E-state index in [-0.39, 0.29) is 11.8 Å². The quantitative estimate of drug-likeness (QED) is 0.740. The molecular formula is C24H28N6O. The first kappa shape index (κ1) is 20.9. The van der Waals surface area contributed by atoms with Crippen molar-refractivity contribution in [2.24, 2.45) is 5.92 Å². The standard InChI is InChI=1S/C24H28N6O/c1-4-14(2)17-7-8-20(27)19(11-26)22(17)16-5-6-18-21(9-16)28-24(31-3)29-23(18)30-12-15(10-25)13-30/h7-8,14-16H,4-6,9,12-13,27H2,1-3H3/t14-,16?/m0/s1. The van der Waals surface area contributed by atoms with Crippen molar-refractivity contribution in [2.75, 3.05) is 30.8 Å². The number of aromatic nitrogens is 2. The van der Waals surface area contributed by atoms with Gasteiger partial charge in [-0.05, 0) is 54.7 Å². The third kappa shape index (κ3) is 3.65. The van der Waals surface area contributed by atoms with Gasteiger partial charge in [0.25, 0.3) is 0 Å². The fourth-order valence-electron chi connectivity index (χ4n) is 4.77. The van der Waals surface area contributed by atoms with Crippen molar-refractivity contribution < 1.29 is 4.74 Å². The molecule has 0 amide bonds. The molecule has 4 rings (SSSR count). The number of methoxy groups -OCH3 is 1. The number of nitrogen functional groups attached to an aromatic ring is 1. The average molecular weight is 417 g/mol. The van der Waals surface area contributed by atoms with Crippen LogP contribution in [0.1, 0.15) is 66.5 Å². The van der Waals surface area contributed by atoms with Gasteiger partial charge >= 0.3 is 6.01 Å². The van der Waals surface area contributed by atoms with Crippen LogP contribution in [0.2, 0.25) is 0 Å². The minimum atomic E-state index is 0.0523. The van der Waals surface area contributed by atoms with E-state index < -0.39 is 0 Å². The van der Waals surface area contributed by atoms with Gasteiger partial charge < -0.3 is 15.4 Å². The van der Waals surface area contributed by atoms with Gasteiger partial charge in [0.05, 0.1) is 30.4 Å². The Kier molecular flexibility index (Phi) is 5.69. The van der Waals surface area contributed by atoms with Gasteiger partial charge in [0.2, 0.25) is 0 Å². The van der Waals surface area contributed by atoms with E-state index in [0.29, 0.717) is 36.3 Å². The summed E-state index contributed by atoms with van der Waals surface area (Å²) in [5.41, 5.74) is 11.8. The molecule has 1 aromatic carbocycles. The number of benzene rings is 1. The molecule has 2 aliphatic rings. The number of anilines is 2. The predicted molar refractivity (Wildman–Crippen MR) is 119 cm³/mol. The molecule has 1 aliphatic heterocycles. The summed E-state index contributed by atoms with van der Waals surface area (Å²) in [6.45, 7) is 5.75. The highest BCUT2D eigenvalue weighted by Crippen LogP contribution is 2.42. The molecule has 1 unspecified atom stereocenters. The first-order valence-electron chi connectivity index (χ1n) is 10.9. The SMILES string of the molecule is CC[C@H](C)c1ccc(N)c(C#N)c1C1CCc2c(nc(OC)nc2N2CC(C#N)C2)C1. The Morgan fingerprint density at radius 2 is 2.06 bits per heavy atom. The molecule has 0 bridgehead atoms. The van der Waals surface area contributed by atoms with E-state index in [4.69, 9.17) is 15.7 Å². The maximum Gasteiger partial charge on any atom is 0.318 e. The van der Waals surface area contributed by atoms with Crippen molar-refractivity contribution in [1.29, 1.82) is 10.5 Å². The van der Waals surface area contributed by atoms with Crippen molar-refractivity contribution in [3.8, 4) is 18.1 Å². The van der Waals surface area contributed by atoms with E-state index in [1.165, 1.54) is 5.56 Å². The number of nitriles is 2. The second kappa shape index (κ2) is 8.43. The van der Waals surface area contributed by atoms with Crippen molar-refractivity contribution >= 4 is 11.5 Å². The van der Waals surface area contributed by atoms with Crippen LogP contribution in [0.25, 0.3) is 0 Å². The largest absolute Gasteiger partial charge is 0.467 e. The summed E-state index contributed by atoms with van der Waals surface area (Å²) in [5.74, 6) is 1.47. The highest BCUT2D eigenvalue weighted by molar-refractivity contribution is 5.63. The predicted octanol–water partition coefficient (Wildman–Crippen LogP) is 3.68. The van der Waals surface area contributed by atoms with Crippen molar-refractivity contribution in [3.63, 3.8) is 0 Å². The monoisotopic (exact) mass is 416 g/mol. The fraction of sp³-hybridized carbons (Fsp3) is 0.500. The Morgan fingerprint density at radius 3 is 2.71 bits per heavy atom. The van der Waals surface area contributed by atoms with E-state index in [1.807, 2.05) is 6.07 Å². The van der Waals surface area contributed by atoms with Crippen LogP contribution in [0.15, 0.2) is 12.1 Å². The Hall–Kier alpha value is -3.32. The summed E-state index contributed by atoms with van der Waals surface area (Å²) >= 11 is 0. The highest BCUT2D eigenvalue weighted by Gasteiger charge is 2.34. The molecule has 0 saturated carbocycles. The Labute approximate surface area is 183 Å². The molecule has 1 aromatic heterocycles. The van der Waals surface area contributed by atoms with Crippen LogP contribution in [0.5, 0.6) is 6.01 Å². The molecule has 7 heteroatoms. The number of hydrogen-bond donors (Lipinski definition) is 1. The number of nitrogens with zero attached hydrogens (tertiary/aromatic N) is 5. The summed E-state index contributed by atoms with van der Waals surface area (Å²) < 4.78 is 5.39. The van der Waals surface area contributed by atoms with Crippen molar-refractivity contribution in [1.82, 2.24) is 9.97 Å². The zero-order chi connectivity index (χ0) is 22.1. The average Bonchev–Trinajstić information content (AvgIpc) is 2.76. The van der Waals surface area contributed by atoms with Gasteiger partial charge in [-0.2, -0.15) is 20.5 Å². The van der Waals surface area contributed by atoms with E-state index in [2.05, 4.69) is 46.9 Å². The maximum atomic E-state index is 9.88. The van der Waals surface area contributed by atoms with E-state index in [1.54, 1.807) is 7.11 Å². The van der Waals surface area contributed by atoms with Crippen LogP contribution in [0.4, 0.5) is 11.5 Å². The third-order valence-electron chi connectivity index (χ3n) is 6.75. The van der Waals surface area contributed by atoms with Crippen molar-refractivity contribution in [2.45, 2.75) is 51.4 Å². The topological polar surface area (TPSA) is 112 Å². The summed E-state index contributed by atoms with van der Waals surface area (Å²) in [4.78, 5) is 11.4. The molecule has 2 aromatic rings. The van der Waals surface area contributed by atoms with Crippen LogP contribution < -0.4 is 15.4 Å². The number of nitrogens with two attached hydrogens (primary N) is 1. The van der Waals surface area contributed by atoms with E-state index in [0.717, 1.165) is 48.3 Å². The minimum absolute atomic E-state index is 0.0523. The molecule has 1 fully saturated rings. The molecule has 2 heterocycles. The minimum Gasteiger partial charge on any atom is -0.467 e. The van der Waals surface area contributed by atoms with Gasteiger partial charge in [0.1, 0.15) is 11.9 Å². The summed E-state index contributed by atoms with van der Waals surface area (Å²) in [6.07, 6.45) is 3.46. The first-order chi connectivity index (χ1) is 15.0. The lowest BCUT2D eigenvalue weighted by Gasteiger charge is -2.39. The van der Waals surface area contributed by atoms with Crippen molar-refractivity contribution in [3.05, 3.63) is 40.1 Å². The Morgan fingerprint density at radius 1 is 1.29 bits per heavy atom. The molecular weight excluding hydrogens is 388 g/mol. The smallest absolute Gasteiger partial charge is 0.318 e. The molecule has 0 radical (unpaired) electrons. The van der Waals surface area contributed by atoms with Crippen LogP contribution in [0.3, 0.4) is 0 Å². The van der Waals surface area contributed by atoms with E-state index in [9.17, 15) is 5.26 Å². The van der Waals surface area contributed by atoms with Crippen LogP contribution >= 0.6 is 0 Å². The second-order valence-corrected chi connectivity index (χ2v) is 8.58. The van der Waals surface area contributed by atoms with Crippen LogP contribution in [0, 0.1) is 28.6 Å². The first-order valence-corrected chi connectivity index (χ1v) is 10.9. The molecule has 1 aliphatic carbocycles. The molecule has 160 valence electrons. The van der Waals surface area contributed by atoms with Gasteiger partial charge in [-0.25, -0.2) is 0 Å². The van der Waals surface area contributed by atoms with Gasteiger partial charge in [-0.15, -0.1) is 0 Å². The zero-order valence-electron chi connectivity index (χ0n) is 18.4. The van der Waals surface area contributed by atoms with E-state index >= 15 is 0 Å². The fourth-order valence-corrected chi connectivity index (χ4v) is 4.77. The molecule has 31 heavy (non-hydrogen) atoms. The van der Waals surface area contributed by atoms with Gasteiger partial charge in [-0.3, -0.25) is 0 Å². The summed E-state index contributed by atoms with van der Waals surface area (Å²) in [7, 11) is 1.58. The number of fused-ring (bicyclic) bond motifs is 1. The number of hydrogen-bond acceptors (Lipinski definition) is 7. The van der Waals surface area contributed by atoms with Crippen LogP contribution in [-0.2, 0) is 12.8 Å². The lowest BCUT2D eigenvalue weighted by atomic mass is 9.76. The Balaban J connectivity index is 1.74.